The third kappa shape index (κ3) is 3.25. The second kappa shape index (κ2) is 6.62. The van der Waals surface area contributed by atoms with Crippen LogP contribution >= 0.6 is 0 Å². The highest BCUT2D eigenvalue weighted by atomic mass is 19.4. The van der Waals surface area contributed by atoms with Gasteiger partial charge >= 0.3 is 6.18 Å². The molecule has 3 heterocycles. The zero-order chi connectivity index (χ0) is 19.1. The number of nitrogens with zero attached hydrogens (tertiary/aromatic N) is 3. The van der Waals surface area contributed by atoms with Gasteiger partial charge in [0.05, 0.1) is 11.7 Å². The monoisotopic (exact) mass is 369 g/mol. The summed E-state index contributed by atoms with van der Waals surface area (Å²) in [6.45, 7) is 3.57. The number of pyridine rings is 1. The summed E-state index contributed by atoms with van der Waals surface area (Å²) < 4.78 is 44.6. The van der Waals surface area contributed by atoms with Crippen molar-refractivity contribution in [2.75, 3.05) is 6.54 Å². The Morgan fingerprint density at radius 1 is 1.38 bits per heavy atom. The van der Waals surface area contributed by atoms with E-state index in [1.54, 1.807) is 18.7 Å². The minimum absolute atomic E-state index is 0.241. The summed E-state index contributed by atoms with van der Waals surface area (Å²) in [5.74, 6) is 0.206. The number of carbonyl (C=O) groups excluding carboxylic acids is 1. The smallest absolute Gasteiger partial charge is 0.361 e. The molecule has 1 aliphatic rings. The molecule has 1 atom stereocenters. The van der Waals surface area contributed by atoms with Crippen molar-refractivity contribution in [1.29, 1.82) is 0 Å². The minimum Gasteiger partial charge on any atom is -0.361 e. The van der Waals surface area contributed by atoms with Gasteiger partial charge in [-0.2, -0.15) is 13.2 Å². The molecule has 2 aromatic rings. The molecular weight excluding hydrogens is 351 g/mol. The van der Waals surface area contributed by atoms with Crippen LogP contribution in [-0.4, -0.2) is 27.1 Å². The topological polar surface area (TPSA) is 68.3 Å². The minimum atomic E-state index is -4.75. The van der Waals surface area contributed by atoms with Gasteiger partial charge in [0.2, 0.25) is 5.91 Å². The normalized spacial score (nSPS) is 17.7. The maximum atomic E-state index is 12.9. The molecular formula is C17H18F3N3O3. The van der Waals surface area contributed by atoms with Crippen LogP contribution in [0.15, 0.2) is 27.6 Å². The Hall–Kier alpha value is -2.58. The molecule has 0 radical (unpaired) electrons. The molecule has 3 rings (SSSR count). The fourth-order valence-corrected chi connectivity index (χ4v) is 3.44. The van der Waals surface area contributed by atoms with Crippen LogP contribution in [0.25, 0.3) is 0 Å². The first-order valence-electron chi connectivity index (χ1n) is 8.19. The largest absolute Gasteiger partial charge is 0.421 e. The summed E-state index contributed by atoms with van der Waals surface area (Å²) >= 11 is 0. The van der Waals surface area contributed by atoms with Crippen LogP contribution < -0.4 is 5.56 Å². The van der Waals surface area contributed by atoms with Crippen LogP contribution in [0.5, 0.6) is 0 Å². The molecule has 0 aliphatic carbocycles. The van der Waals surface area contributed by atoms with E-state index in [-0.39, 0.29) is 6.04 Å². The second-order valence-corrected chi connectivity index (χ2v) is 6.34. The Morgan fingerprint density at radius 3 is 2.73 bits per heavy atom. The summed E-state index contributed by atoms with van der Waals surface area (Å²) in [5, 5.41) is 3.90. The van der Waals surface area contributed by atoms with Gasteiger partial charge in [-0.15, -0.1) is 0 Å². The van der Waals surface area contributed by atoms with Crippen molar-refractivity contribution < 1.29 is 22.5 Å². The predicted molar refractivity (Wildman–Crippen MR) is 85.4 cm³/mol. The predicted octanol–water partition coefficient (Wildman–Crippen LogP) is 2.84. The molecule has 6 nitrogen and oxygen atoms in total. The van der Waals surface area contributed by atoms with Crippen molar-refractivity contribution in [3.05, 3.63) is 51.3 Å². The third-order valence-electron chi connectivity index (χ3n) is 4.63. The van der Waals surface area contributed by atoms with Gasteiger partial charge in [-0.3, -0.25) is 9.59 Å². The zero-order valence-corrected chi connectivity index (χ0v) is 14.3. The Morgan fingerprint density at radius 2 is 2.12 bits per heavy atom. The fraction of sp³-hybridized carbons (Fsp3) is 0.471. The molecule has 1 fully saturated rings. The fourth-order valence-electron chi connectivity index (χ4n) is 3.44. The molecule has 1 amide bonds. The molecule has 0 spiro atoms. The van der Waals surface area contributed by atoms with Crippen LogP contribution in [0.2, 0.25) is 0 Å². The van der Waals surface area contributed by atoms with E-state index >= 15 is 0 Å². The number of amides is 1. The molecule has 0 saturated carbocycles. The molecule has 2 aromatic heterocycles. The van der Waals surface area contributed by atoms with Crippen LogP contribution in [0.1, 0.15) is 41.5 Å². The Bertz CT molecular complexity index is 866. The molecule has 0 bridgehead atoms. The molecule has 140 valence electrons. The van der Waals surface area contributed by atoms with Gasteiger partial charge in [-0.1, -0.05) is 5.16 Å². The summed E-state index contributed by atoms with van der Waals surface area (Å²) in [4.78, 5) is 26.3. The highest BCUT2D eigenvalue weighted by Gasteiger charge is 2.36. The van der Waals surface area contributed by atoms with E-state index in [1.165, 1.54) is 6.20 Å². The van der Waals surface area contributed by atoms with Crippen molar-refractivity contribution in [3.8, 4) is 0 Å². The van der Waals surface area contributed by atoms with Crippen molar-refractivity contribution in [1.82, 2.24) is 14.6 Å². The SMILES string of the molecule is Cc1noc(C)c1C1CCCN1C(=O)Cn1cccc(C(F)(F)F)c1=O. The van der Waals surface area contributed by atoms with Gasteiger partial charge in [0.1, 0.15) is 17.9 Å². The average Bonchev–Trinajstić information content (AvgIpc) is 3.14. The van der Waals surface area contributed by atoms with Gasteiger partial charge in [0, 0.05) is 18.3 Å². The first-order valence-corrected chi connectivity index (χ1v) is 8.19. The number of rotatable bonds is 3. The molecule has 1 unspecified atom stereocenters. The van der Waals surface area contributed by atoms with Gasteiger partial charge in [-0.05, 0) is 38.8 Å². The van der Waals surface area contributed by atoms with Crippen LogP contribution in [0, 0.1) is 13.8 Å². The maximum absolute atomic E-state index is 12.9. The number of aryl methyl sites for hydroxylation is 2. The summed E-state index contributed by atoms with van der Waals surface area (Å²) in [6.07, 6.45) is -2.09. The maximum Gasteiger partial charge on any atom is 0.421 e. The Balaban J connectivity index is 1.86. The molecule has 1 saturated heterocycles. The van der Waals surface area contributed by atoms with E-state index < -0.39 is 29.8 Å². The third-order valence-corrected chi connectivity index (χ3v) is 4.63. The lowest BCUT2D eigenvalue weighted by Gasteiger charge is -2.25. The zero-order valence-electron chi connectivity index (χ0n) is 14.3. The van der Waals surface area contributed by atoms with Crippen LogP contribution in [0.4, 0.5) is 13.2 Å². The van der Waals surface area contributed by atoms with E-state index in [0.29, 0.717) is 30.5 Å². The van der Waals surface area contributed by atoms with E-state index in [2.05, 4.69) is 5.16 Å². The highest BCUT2D eigenvalue weighted by Crippen LogP contribution is 2.35. The van der Waals surface area contributed by atoms with Crippen molar-refractivity contribution in [2.24, 2.45) is 0 Å². The first-order chi connectivity index (χ1) is 12.2. The van der Waals surface area contributed by atoms with Crippen LogP contribution in [0.3, 0.4) is 0 Å². The van der Waals surface area contributed by atoms with E-state index in [4.69, 9.17) is 4.52 Å². The van der Waals surface area contributed by atoms with Crippen molar-refractivity contribution in [2.45, 2.75) is 45.5 Å². The lowest BCUT2D eigenvalue weighted by atomic mass is 10.0. The lowest BCUT2D eigenvalue weighted by Crippen LogP contribution is -2.37. The molecule has 1 aliphatic heterocycles. The number of likely N-dealkylation sites (tertiary alicyclic amines) is 1. The summed E-state index contributed by atoms with van der Waals surface area (Å²) in [6, 6.07) is 1.59. The van der Waals surface area contributed by atoms with E-state index in [9.17, 15) is 22.8 Å². The number of halogens is 3. The summed E-state index contributed by atoms with van der Waals surface area (Å²) in [5.41, 5.74) is -0.992. The first kappa shape index (κ1) is 18.2. The lowest BCUT2D eigenvalue weighted by molar-refractivity contribution is -0.139. The van der Waals surface area contributed by atoms with Crippen molar-refractivity contribution >= 4 is 5.91 Å². The second-order valence-electron chi connectivity index (χ2n) is 6.34. The van der Waals surface area contributed by atoms with Crippen LogP contribution in [-0.2, 0) is 17.5 Å². The number of aromatic nitrogens is 2. The quantitative estimate of drug-likeness (QED) is 0.834. The number of carbonyl (C=O) groups is 1. The number of hydrogen-bond donors (Lipinski definition) is 0. The highest BCUT2D eigenvalue weighted by molar-refractivity contribution is 5.77. The van der Waals surface area contributed by atoms with E-state index in [0.717, 1.165) is 22.6 Å². The van der Waals surface area contributed by atoms with Gasteiger partial charge in [-0.25, -0.2) is 0 Å². The molecule has 0 aromatic carbocycles. The van der Waals surface area contributed by atoms with E-state index in [1.807, 2.05) is 0 Å². The van der Waals surface area contributed by atoms with Crippen molar-refractivity contribution in [3.63, 3.8) is 0 Å². The standard InChI is InChI=1S/C17H18F3N3O3/c1-10-15(11(2)26-21-10)13-6-4-8-23(13)14(24)9-22-7-3-5-12(16(22)25)17(18,19)20/h3,5,7,13H,4,6,8-9H2,1-2H3. The van der Waals surface area contributed by atoms with Gasteiger partial charge < -0.3 is 14.0 Å². The molecule has 9 heteroatoms. The summed E-state index contributed by atoms with van der Waals surface area (Å²) in [7, 11) is 0. The molecule has 0 N–H and O–H groups in total. The Kier molecular flexibility index (Phi) is 4.64. The van der Waals surface area contributed by atoms with Gasteiger partial charge in [0.15, 0.2) is 0 Å². The van der Waals surface area contributed by atoms with Gasteiger partial charge in [0.25, 0.3) is 5.56 Å². The average molecular weight is 369 g/mol. The molecule has 26 heavy (non-hydrogen) atoms. The number of hydrogen-bond acceptors (Lipinski definition) is 4. The Labute approximate surface area is 147 Å². The number of alkyl halides is 3.